The average molecular weight is 422 g/mol. The number of sulfonamides is 1. The second-order valence-corrected chi connectivity index (χ2v) is 8.57. The Balaban J connectivity index is 1.64. The number of aliphatic hydroxyl groups is 1. The Morgan fingerprint density at radius 2 is 1.86 bits per heavy atom. The van der Waals surface area contributed by atoms with Crippen LogP contribution in [-0.4, -0.2) is 50.6 Å². The molecule has 29 heavy (non-hydrogen) atoms. The van der Waals surface area contributed by atoms with Gasteiger partial charge in [-0.15, -0.1) is 0 Å². The molecule has 2 aromatic rings. The molecule has 0 atom stereocenters. The Labute approximate surface area is 169 Å². The standard InChI is InChI=1S/C20H23FN2O5S/c1-28-19-7-6-17(13-18(19)21)29(26,27)22-15-4-2-14(3-5-15)12-20(25)23-10-8-16(24)9-11-23/h2-7,13,16,22,24H,8-12H2,1H3. The number of likely N-dealkylation sites (tertiary alicyclic amines) is 1. The number of carbonyl (C=O) groups excluding carboxylic acids is 1. The van der Waals surface area contributed by atoms with Crippen molar-refractivity contribution in [3.63, 3.8) is 0 Å². The highest BCUT2D eigenvalue weighted by atomic mass is 32.2. The van der Waals surface area contributed by atoms with Crippen molar-refractivity contribution in [3.05, 3.63) is 53.8 Å². The molecule has 0 saturated carbocycles. The first-order valence-corrected chi connectivity index (χ1v) is 10.7. The minimum Gasteiger partial charge on any atom is -0.494 e. The Bertz CT molecular complexity index is 971. The van der Waals surface area contributed by atoms with E-state index in [9.17, 15) is 22.7 Å². The number of anilines is 1. The molecule has 7 nitrogen and oxygen atoms in total. The number of hydrogen-bond acceptors (Lipinski definition) is 5. The lowest BCUT2D eigenvalue weighted by molar-refractivity contribution is -0.132. The van der Waals surface area contributed by atoms with Crippen molar-refractivity contribution in [2.45, 2.75) is 30.3 Å². The van der Waals surface area contributed by atoms with E-state index in [1.165, 1.54) is 19.2 Å². The lowest BCUT2D eigenvalue weighted by Crippen LogP contribution is -2.40. The number of benzene rings is 2. The highest BCUT2D eigenvalue weighted by Gasteiger charge is 2.21. The Morgan fingerprint density at radius 3 is 2.45 bits per heavy atom. The molecular formula is C20H23FN2O5S. The van der Waals surface area contributed by atoms with Gasteiger partial charge in [0.1, 0.15) is 0 Å². The van der Waals surface area contributed by atoms with Crippen molar-refractivity contribution >= 4 is 21.6 Å². The second-order valence-electron chi connectivity index (χ2n) is 6.89. The molecule has 2 aromatic carbocycles. The summed E-state index contributed by atoms with van der Waals surface area (Å²) >= 11 is 0. The fourth-order valence-corrected chi connectivity index (χ4v) is 4.19. The number of halogens is 1. The fourth-order valence-electron chi connectivity index (χ4n) is 3.12. The topological polar surface area (TPSA) is 95.9 Å². The van der Waals surface area contributed by atoms with Gasteiger partial charge in [0.25, 0.3) is 10.0 Å². The average Bonchev–Trinajstić information content (AvgIpc) is 2.69. The molecule has 0 unspecified atom stereocenters. The van der Waals surface area contributed by atoms with E-state index in [2.05, 4.69) is 4.72 Å². The molecule has 2 N–H and O–H groups in total. The normalized spacial score (nSPS) is 15.2. The molecule has 1 heterocycles. The molecule has 3 rings (SSSR count). The van der Waals surface area contributed by atoms with Crippen molar-refractivity contribution in [2.24, 2.45) is 0 Å². The highest BCUT2D eigenvalue weighted by Crippen LogP contribution is 2.23. The smallest absolute Gasteiger partial charge is 0.262 e. The van der Waals surface area contributed by atoms with Crippen LogP contribution in [0.5, 0.6) is 5.75 Å². The van der Waals surface area contributed by atoms with E-state index in [4.69, 9.17) is 4.74 Å². The summed E-state index contributed by atoms with van der Waals surface area (Å²) in [7, 11) is -2.67. The van der Waals surface area contributed by atoms with Crippen molar-refractivity contribution in [2.75, 3.05) is 24.9 Å². The van der Waals surface area contributed by atoms with Gasteiger partial charge in [-0.1, -0.05) is 12.1 Å². The minimum atomic E-state index is -3.96. The molecule has 1 fully saturated rings. The molecule has 0 aromatic heterocycles. The van der Waals surface area contributed by atoms with Gasteiger partial charge in [0.2, 0.25) is 5.91 Å². The molecule has 1 amide bonds. The number of nitrogens with zero attached hydrogens (tertiary/aromatic N) is 1. The van der Waals surface area contributed by atoms with Crippen molar-refractivity contribution in [1.82, 2.24) is 4.90 Å². The van der Waals surface area contributed by atoms with Gasteiger partial charge >= 0.3 is 0 Å². The Hall–Kier alpha value is -2.65. The zero-order valence-corrected chi connectivity index (χ0v) is 16.8. The number of methoxy groups -OCH3 is 1. The van der Waals surface area contributed by atoms with Crippen LogP contribution in [0.1, 0.15) is 18.4 Å². The van der Waals surface area contributed by atoms with Crippen LogP contribution in [-0.2, 0) is 21.2 Å². The van der Waals surface area contributed by atoms with Gasteiger partial charge < -0.3 is 14.7 Å². The third-order valence-corrected chi connectivity index (χ3v) is 6.19. The van der Waals surface area contributed by atoms with Gasteiger partial charge in [0, 0.05) is 18.8 Å². The number of nitrogens with one attached hydrogen (secondary N) is 1. The number of amides is 1. The first-order chi connectivity index (χ1) is 13.8. The van der Waals surface area contributed by atoms with Gasteiger partial charge in [-0.05, 0) is 48.7 Å². The first-order valence-electron chi connectivity index (χ1n) is 9.19. The van der Waals surface area contributed by atoms with Gasteiger partial charge in [0.15, 0.2) is 11.6 Å². The summed E-state index contributed by atoms with van der Waals surface area (Å²) in [5.74, 6) is -0.838. The SMILES string of the molecule is COc1ccc(S(=O)(=O)Nc2ccc(CC(=O)N3CCC(O)CC3)cc2)cc1F. The second kappa shape index (κ2) is 8.79. The van der Waals surface area contributed by atoms with Crippen LogP contribution in [0.3, 0.4) is 0 Å². The van der Waals surface area contributed by atoms with E-state index in [0.29, 0.717) is 31.6 Å². The molecule has 156 valence electrons. The quantitative estimate of drug-likeness (QED) is 0.744. The summed E-state index contributed by atoms with van der Waals surface area (Å²) in [6.07, 6.45) is 1.02. The molecule has 0 bridgehead atoms. The summed E-state index contributed by atoms with van der Waals surface area (Å²) in [4.78, 5) is 13.8. The van der Waals surface area contributed by atoms with Crippen LogP contribution in [0.4, 0.5) is 10.1 Å². The maximum Gasteiger partial charge on any atom is 0.262 e. The number of carbonyl (C=O) groups is 1. The van der Waals surface area contributed by atoms with E-state index in [1.54, 1.807) is 29.2 Å². The number of hydrogen-bond donors (Lipinski definition) is 2. The Morgan fingerprint density at radius 1 is 1.21 bits per heavy atom. The first kappa shape index (κ1) is 21.1. The summed E-state index contributed by atoms with van der Waals surface area (Å²) in [5.41, 5.74) is 1.05. The van der Waals surface area contributed by atoms with Crippen LogP contribution in [0, 0.1) is 5.82 Å². The van der Waals surface area contributed by atoms with E-state index in [1.807, 2.05) is 0 Å². The zero-order valence-electron chi connectivity index (χ0n) is 16.0. The summed E-state index contributed by atoms with van der Waals surface area (Å²) in [5, 5.41) is 9.52. The van der Waals surface area contributed by atoms with Gasteiger partial charge in [0.05, 0.1) is 24.5 Å². The predicted octanol–water partition coefficient (Wildman–Crippen LogP) is 2.16. The van der Waals surface area contributed by atoms with Crippen molar-refractivity contribution in [1.29, 1.82) is 0 Å². The molecule has 0 aliphatic carbocycles. The summed E-state index contributed by atoms with van der Waals surface area (Å²) in [6.45, 7) is 1.08. The highest BCUT2D eigenvalue weighted by molar-refractivity contribution is 7.92. The molecule has 0 spiro atoms. The summed E-state index contributed by atoms with van der Waals surface area (Å²) in [6, 6.07) is 9.85. The number of piperidine rings is 1. The molecule has 1 aliphatic rings. The van der Waals surface area contributed by atoms with Crippen LogP contribution in [0.15, 0.2) is 47.4 Å². The van der Waals surface area contributed by atoms with Crippen LogP contribution in [0.25, 0.3) is 0 Å². The number of ether oxygens (including phenoxy) is 1. The van der Waals surface area contributed by atoms with Gasteiger partial charge in [-0.2, -0.15) is 0 Å². The molecule has 1 aliphatic heterocycles. The zero-order chi connectivity index (χ0) is 21.0. The van der Waals surface area contributed by atoms with Crippen LogP contribution in [0.2, 0.25) is 0 Å². The lowest BCUT2D eigenvalue weighted by atomic mass is 10.1. The minimum absolute atomic E-state index is 0.0288. The van der Waals surface area contributed by atoms with Gasteiger partial charge in [-0.3, -0.25) is 9.52 Å². The van der Waals surface area contributed by atoms with Crippen LogP contribution >= 0.6 is 0 Å². The third kappa shape index (κ3) is 5.24. The van der Waals surface area contributed by atoms with E-state index < -0.39 is 15.8 Å². The largest absolute Gasteiger partial charge is 0.494 e. The molecule has 9 heteroatoms. The van der Waals surface area contributed by atoms with E-state index >= 15 is 0 Å². The van der Waals surface area contributed by atoms with Gasteiger partial charge in [-0.25, -0.2) is 12.8 Å². The third-order valence-electron chi connectivity index (χ3n) is 4.81. The fraction of sp³-hybridized carbons (Fsp3) is 0.350. The maximum atomic E-state index is 13.8. The predicted molar refractivity (Wildman–Crippen MR) is 106 cm³/mol. The Kier molecular flexibility index (Phi) is 6.39. The van der Waals surface area contributed by atoms with Crippen molar-refractivity contribution in [3.8, 4) is 5.75 Å². The molecular weight excluding hydrogens is 399 g/mol. The van der Waals surface area contributed by atoms with Crippen molar-refractivity contribution < 1.29 is 27.4 Å². The number of rotatable bonds is 6. The van der Waals surface area contributed by atoms with E-state index in [0.717, 1.165) is 11.6 Å². The van der Waals surface area contributed by atoms with E-state index in [-0.39, 0.29) is 29.1 Å². The van der Waals surface area contributed by atoms with Crippen LogP contribution < -0.4 is 9.46 Å². The molecule has 0 radical (unpaired) electrons. The summed E-state index contributed by atoms with van der Waals surface area (Å²) < 4.78 is 45.9. The lowest BCUT2D eigenvalue weighted by Gasteiger charge is -2.29. The maximum absolute atomic E-state index is 13.8. The molecule has 1 saturated heterocycles. The monoisotopic (exact) mass is 422 g/mol. The number of aliphatic hydroxyl groups excluding tert-OH is 1.